The van der Waals surface area contributed by atoms with Crippen LogP contribution in [0.4, 0.5) is 0 Å². The van der Waals surface area contributed by atoms with E-state index < -0.39 is 13.9 Å². The van der Waals surface area contributed by atoms with Gasteiger partial charge in [-0.25, -0.2) is 4.57 Å². The third-order valence-electron chi connectivity index (χ3n) is 4.43. The van der Waals surface area contributed by atoms with Crippen LogP contribution in [0.5, 0.6) is 0 Å². The molecule has 0 spiro atoms. The molecule has 0 aliphatic rings. The zero-order chi connectivity index (χ0) is 19.7. The molecule has 0 fully saturated rings. The summed E-state index contributed by atoms with van der Waals surface area (Å²) in [5.74, 6) is 0. The minimum atomic E-state index is -4.55. The second kappa shape index (κ2) is 10.9. The second-order valence-corrected chi connectivity index (χ2v) is 8.41. The molecular formula is C20H28NO4PS. The third-order valence-corrected chi connectivity index (χ3v) is 5.24. The number of phosphoric ester groups is 1. The molecule has 148 valence electrons. The number of nitrogens with one attached hydrogen (secondary N) is 1. The largest absolute Gasteiger partial charge is 0.469 e. The zero-order valence-electron chi connectivity index (χ0n) is 15.6. The van der Waals surface area contributed by atoms with Crippen molar-refractivity contribution in [2.45, 2.75) is 51.5 Å². The summed E-state index contributed by atoms with van der Waals surface area (Å²) >= 11 is 5.45. The van der Waals surface area contributed by atoms with Crippen molar-refractivity contribution in [2.75, 3.05) is 6.61 Å². The Kier molecular flexibility index (Phi) is 8.87. The van der Waals surface area contributed by atoms with E-state index >= 15 is 0 Å². The maximum atomic E-state index is 11.1. The highest BCUT2D eigenvalue weighted by Crippen LogP contribution is 2.37. The average Bonchev–Trinajstić information content (AvgIpc) is 2.64. The molecule has 0 radical (unpaired) electrons. The molecule has 0 amide bonds. The molecule has 0 saturated heterocycles. The smallest absolute Gasteiger partial charge is 0.370 e. The molecule has 0 saturated carbocycles. The fourth-order valence-electron chi connectivity index (χ4n) is 2.97. The normalized spacial score (nSPS) is 12.9. The van der Waals surface area contributed by atoms with Gasteiger partial charge in [-0.2, -0.15) is 0 Å². The quantitative estimate of drug-likeness (QED) is 0.267. The van der Waals surface area contributed by atoms with Crippen molar-refractivity contribution in [1.29, 1.82) is 0 Å². The summed E-state index contributed by atoms with van der Waals surface area (Å²) < 4.78 is 15.9. The van der Waals surface area contributed by atoms with Crippen molar-refractivity contribution in [1.82, 2.24) is 5.32 Å². The number of benzene rings is 2. The lowest BCUT2D eigenvalue weighted by atomic mass is 10.0. The van der Waals surface area contributed by atoms with Gasteiger partial charge in [-0.05, 0) is 35.2 Å². The fourth-order valence-corrected chi connectivity index (χ4v) is 3.60. The molecule has 1 unspecified atom stereocenters. The third kappa shape index (κ3) is 8.08. The van der Waals surface area contributed by atoms with Gasteiger partial charge in [0.1, 0.15) is 0 Å². The van der Waals surface area contributed by atoms with Gasteiger partial charge in [-0.3, -0.25) is 4.52 Å². The summed E-state index contributed by atoms with van der Waals surface area (Å²) in [6, 6.07) is 13.5. The predicted molar refractivity (Wildman–Crippen MR) is 114 cm³/mol. The SMILES string of the molecule is CCCCCCCC(=S)NC(COP(=O)(O)O)c1ccc2ccccc2c1. The lowest BCUT2D eigenvalue weighted by molar-refractivity contribution is 0.182. The molecule has 2 aromatic rings. The van der Waals surface area contributed by atoms with Crippen LogP contribution in [0.2, 0.25) is 0 Å². The predicted octanol–water partition coefficient (Wildman–Crippen LogP) is 5.27. The van der Waals surface area contributed by atoms with Gasteiger partial charge in [-0.1, -0.05) is 81.2 Å². The number of fused-ring (bicyclic) bond motifs is 1. The van der Waals surface area contributed by atoms with Crippen LogP contribution in [0, 0.1) is 0 Å². The van der Waals surface area contributed by atoms with Gasteiger partial charge in [-0.15, -0.1) is 0 Å². The molecule has 7 heteroatoms. The van der Waals surface area contributed by atoms with Gasteiger partial charge in [0.25, 0.3) is 0 Å². The van der Waals surface area contributed by atoms with Gasteiger partial charge in [0.15, 0.2) is 0 Å². The van der Waals surface area contributed by atoms with E-state index in [1.54, 1.807) is 0 Å². The number of hydrogen-bond acceptors (Lipinski definition) is 3. The Labute approximate surface area is 166 Å². The fraction of sp³-hybridized carbons (Fsp3) is 0.450. The van der Waals surface area contributed by atoms with Gasteiger partial charge < -0.3 is 15.1 Å². The first-order valence-electron chi connectivity index (χ1n) is 9.37. The summed E-state index contributed by atoms with van der Waals surface area (Å²) in [6.45, 7) is 2.03. The van der Waals surface area contributed by atoms with Crippen molar-refractivity contribution < 1.29 is 18.9 Å². The molecule has 0 aliphatic carbocycles. The first-order chi connectivity index (χ1) is 12.9. The number of unbranched alkanes of at least 4 members (excludes halogenated alkanes) is 4. The van der Waals surface area contributed by atoms with E-state index in [0.717, 1.165) is 35.6 Å². The lowest BCUT2D eigenvalue weighted by Crippen LogP contribution is -2.30. The Bertz CT molecular complexity index is 792. The standard InChI is InChI=1S/C20H28NO4PS/c1-2-3-4-5-6-11-20(27)21-19(15-25-26(22,23)24)18-13-12-16-9-7-8-10-17(16)14-18/h7-10,12-14,19H,2-6,11,15H2,1H3,(H,21,27)(H2,22,23,24). The number of rotatable bonds is 11. The topological polar surface area (TPSA) is 78.8 Å². The van der Waals surface area contributed by atoms with Crippen molar-refractivity contribution in [3.05, 3.63) is 48.0 Å². The van der Waals surface area contributed by atoms with E-state index in [2.05, 4.69) is 12.2 Å². The van der Waals surface area contributed by atoms with Gasteiger partial charge >= 0.3 is 7.82 Å². The van der Waals surface area contributed by atoms with Crippen LogP contribution < -0.4 is 5.32 Å². The van der Waals surface area contributed by atoms with Crippen LogP contribution in [0.3, 0.4) is 0 Å². The first-order valence-corrected chi connectivity index (χ1v) is 11.3. The molecule has 5 nitrogen and oxygen atoms in total. The van der Waals surface area contributed by atoms with Crippen molar-refractivity contribution in [2.24, 2.45) is 0 Å². The van der Waals surface area contributed by atoms with Gasteiger partial charge in [0.05, 0.1) is 17.6 Å². The van der Waals surface area contributed by atoms with Crippen LogP contribution >= 0.6 is 20.0 Å². The van der Waals surface area contributed by atoms with Gasteiger partial charge in [0.2, 0.25) is 0 Å². The molecule has 0 bridgehead atoms. The first kappa shape index (κ1) is 22.0. The molecular weight excluding hydrogens is 381 g/mol. The Morgan fingerprint density at radius 1 is 1.11 bits per heavy atom. The molecule has 1 atom stereocenters. The van der Waals surface area contributed by atoms with Crippen LogP contribution in [0.15, 0.2) is 42.5 Å². The van der Waals surface area contributed by atoms with Crippen LogP contribution in [-0.2, 0) is 9.09 Å². The van der Waals surface area contributed by atoms with Crippen molar-refractivity contribution in [3.8, 4) is 0 Å². The Morgan fingerprint density at radius 2 is 1.81 bits per heavy atom. The maximum Gasteiger partial charge on any atom is 0.469 e. The summed E-state index contributed by atoms with van der Waals surface area (Å²) in [5.41, 5.74) is 0.885. The minimum Gasteiger partial charge on any atom is -0.370 e. The van der Waals surface area contributed by atoms with E-state index in [1.807, 2.05) is 42.5 Å². The van der Waals surface area contributed by atoms with E-state index in [-0.39, 0.29) is 6.61 Å². The van der Waals surface area contributed by atoms with E-state index in [0.29, 0.717) is 4.99 Å². The maximum absolute atomic E-state index is 11.1. The Hall–Kier alpha value is -1.30. The number of thiocarbonyl (C=S) groups is 1. The van der Waals surface area contributed by atoms with Crippen LogP contribution in [0.1, 0.15) is 57.1 Å². The monoisotopic (exact) mass is 409 g/mol. The average molecular weight is 409 g/mol. The van der Waals surface area contributed by atoms with Crippen LogP contribution in [-0.4, -0.2) is 21.4 Å². The van der Waals surface area contributed by atoms with E-state index in [4.69, 9.17) is 26.5 Å². The van der Waals surface area contributed by atoms with E-state index in [9.17, 15) is 4.57 Å². The highest BCUT2D eigenvalue weighted by Gasteiger charge is 2.20. The highest BCUT2D eigenvalue weighted by atomic mass is 32.1. The van der Waals surface area contributed by atoms with E-state index in [1.165, 1.54) is 19.3 Å². The Morgan fingerprint density at radius 3 is 2.52 bits per heavy atom. The van der Waals surface area contributed by atoms with Gasteiger partial charge in [0, 0.05) is 0 Å². The molecule has 0 aromatic heterocycles. The molecule has 2 rings (SSSR count). The molecule has 2 aromatic carbocycles. The van der Waals surface area contributed by atoms with Crippen molar-refractivity contribution >= 4 is 35.8 Å². The highest BCUT2D eigenvalue weighted by molar-refractivity contribution is 7.80. The van der Waals surface area contributed by atoms with Crippen LogP contribution in [0.25, 0.3) is 10.8 Å². The molecule has 3 N–H and O–H groups in total. The Balaban J connectivity index is 2.05. The summed E-state index contributed by atoms with van der Waals surface area (Å²) in [4.78, 5) is 18.8. The minimum absolute atomic E-state index is 0.154. The molecule has 0 heterocycles. The van der Waals surface area contributed by atoms with Crippen molar-refractivity contribution in [3.63, 3.8) is 0 Å². The number of hydrogen-bond donors (Lipinski definition) is 3. The summed E-state index contributed by atoms with van der Waals surface area (Å²) in [5, 5.41) is 5.39. The summed E-state index contributed by atoms with van der Waals surface area (Å²) in [6.07, 6.45) is 6.54. The zero-order valence-corrected chi connectivity index (χ0v) is 17.3. The molecule has 0 aliphatic heterocycles. The number of phosphoric acid groups is 1. The summed E-state index contributed by atoms with van der Waals surface area (Å²) in [7, 11) is -4.55. The second-order valence-electron chi connectivity index (χ2n) is 6.68. The molecule has 27 heavy (non-hydrogen) atoms. The lowest BCUT2D eigenvalue weighted by Gasteiger charge is -2.21.